The van der Waals surface area contributed by atoms with E-state index in [4.69, 9.17) is 4.74 Å². The van der Waals surface area contributed by atoms with Crippen LogP contribution >= 0.6 is 15.9 Å². The summed E-state index contributed by atoms with van der Waals surface area (Å²) in [5, 5.41) is 12.0. The Morgan fingerprint density at radius 1 is 0.914 bits per heavy atom. The highest BCUT2D eigenvalue weighted by molar-refractivity contribution is 9.10. The topological polar surface area (TPSA) is 76.7 Å². The summed E-state index contributed by atoms with van der Waals surface area (Å²) in [6.45, 7) is 0.201. The number of aliphatic hydroxyl groups excluding tert-OH is 1. The van der Waals surface area contributed by atoms with E-state index in [1.54, 1.807) is 24.8 Å². The lowest BCUT2D eigenvalue weighted by atomic mass is 10.0. The number of pyridine rings is 3. The average molecular weight is 526 g/mol. The Morgan fingerprint density at radius 3 is 2.57 bits per heavy atom. The quantitative estimate of drug-likeness (QED) is 0.321. The molecule has 0 aliphatic carbocycles. The number of aromatic nitrogens is 3. The molecule has 6 rings (SSSR count). The maximum atomic E-state index is 13.7. The van der Waals surface area contributed by atoms with Crippen molar-refractivity contribution in [2.45, 2.75) is 19.6 Å². The van der Waals surface area contributed by atoms with Crippen LogP contribution in [0, 0.1) is 0 Å². The molecule has 0 spiro atoms. The van der Waals surface area contributed by atoms with Gasteiger partial charge in [-0.2, -0.15) is 0 Å². The largest absolute Gasteiger partial charge is 0.489 e. The molecule has 0 saturated heterocycles. The van der Waals surface area contributed by atoms with E-state index in [-0.39, 0.29) is 18.6 Å². The highest BCUT2D eigenvalue weighted by Crippen LogP contribution is 2.36. The third-order valence-corrected chi connectivity index (χ3v) is 6.70. The fourth-order valence-electron chi connectivity index (χ4n) is 4.63. The molecule has 2 aromatic carbocycles. The highest BCUT2D eigenvalue weighted by atomic mass is 79.9. The summed E-state index contributed by atoms with van der Waals surface area (Å²) in [6.07, 6.45) is 9.30. The number of rotatable bonds is 6. The van der Waals surface area contributed by atoms with E-state index in [2.05, 4.69) is 42.4 Å². The number of fused-ring (bicyclic) bond motifs is 3. The number of hydrogen-bond acceptors (Lipinski definition) is 5. The van der Waals surface area contributed by atoms with Gasteiger partial charge in [-0.1, -0.05) is 22.0 Å². The van der Waals surface area contributed by atoms with Crippen LogP contribution in [0.5, 0.6) is 5.75 Å². The fraction of sp³-hybridized carbons (Fsp3) is 0.107. The van der Waals surface area contributed by atoms with Gasteiger partial charge in [0.1, 0.15) is 12.4 Å². The van der Waals surface area contributed by atoms with Crippen molar-refractivity contribution in [3.63, 3.8) is 0 Å². The van der Waals surface area contributed by atoms with E-state index >= 15 is 0 Å². The fourth-order valence-corrected chi connectivity index (χ4v) is 4.99. The predicted octanol–water partition coefficient (Wildman–Crippen LogP) is 5.26. The molecular formula is C28H20BrN3O3. The van der Waals surface area contributed by atoms with Crippen LogP contribution in [-0.4, -0.2) is 19.5 Å². The summed E-state index contributed by atoms with van der Waals surface area (Å²) in [5.74, 6) is 0.608. The first-order valence-corrected chi connectivity index (χ1v) is 12.0. The standard InChI is InChI=1S/C28H20BrN3O3/c29-21-3-4-26-23(8-21)24-9-22(35-16-19-6-18(15-33)12-31-13-19)10-25-27(24)32(26)14-20(28(25)34)7-17-2-1-5-30-11-17/h1-6,8-14,33H,7,15-16H2. The van der Waals surface area contributed by atoms with Gasteiger partial charge in [0, 0.05) is 63.8 Å². The molecule has 0 saturated carbocycles. The molecule has 0 unspecified atom stereocenters. The summed E-state index contributed by atoms with van der Waals surface area (Å²) >= 11 is 3.59. The Hall–Kier alpha value is -3.81. The van der Waals surface area contributed by atoms with Gasteiger partial charge in [0.05, 0.1) is 23.0 Å². The molecular weight excluding hydrogens is 506 g/mol. The van der Waals surface area contributed by atoms with Gasteiger partial charge in [-0.15, -0.1) is 0 Å². The summed E-state index contributed by atoms with van der Waals surface area (Å²) in [6, 6.07) is 15.7. The zero-order valence-electron chi connectivity index (χ0n) is 18.6. The van der Waals surface area contributed by atoms with Crippen molar-refractivity contribution in [3.05, 3.63) is 116 Å². The first-order valence-electron chi connectivity index (χ1n) is 11.2. The zero-order valence-corrected chi connectivity index (χ0v) is 20.2. The van der Waals surface area contributed by atoms with Crippen LogP contribution in [0.2, 0.25) is 0 Å². The van der Waals surface area contributed by atoms with Gasteiger partial charge in [-0.3, -0.25) is 14.8 Å². The maximum Gasteiger partial charge on any atom is 0.193 e. The minimum absolute atomic E-state index is 0.0115. The molecule has 0 atom stereocenters. The maximum absolute atomic E-state index is 13.7. The first kappa shape index (κ1) is 21.7. The van der Waals surface area contributed by atoms with E-state index in [1.807, 2.05) is 42.6 Å². The molecule has 4 aromatic heterocycles. The monoisotopic (exact) mass is 525 g/mol. The van der Waals surface area contributed by atoms with Crippen molar-refractivity contribution < 1.29 is 9.84 Å². The molecule has 0 amide bonds. The third-order valence-electron chi connectivity index (χ3n) is 6.21. The molecule has 1 N–H and O–H groups in total. The van der Waals surface area contributed by atoms with Crippen molar-refractivity contribution in [1.29, 1.82) is 0 Å². The lowest BCUT2D eigenvalue weighted by molar-refractivity contribution is 0.279. The van der Waals surface area contributed by atoms with Crippen molar-refractivity contribution in [2.24, 2.45) is 0 Å². The number of hydrogen-bond donors (Lipinski definition) is 1. The lowest BCUT2D eigenvalue weighted by Crippen LogP contribution is -2.12. The van der Waals surface area contributed by atoms with E-state index in [9.17, 15) is 9.90 Å². The number of halogens is 1. The summed E-state index contributed by atoms with van der Waals surface area (Å²) in [5.41, 5.74) is 5.15. The third kappa shape index (κ3) is 3.92. The van der Waals surface area contributed by atoms with Gasteiger partial charge in [0.15, 0.2) is 5.43 Å². The summed E-state index contributed by atoms with van der Waals surface area (Å²) < 4.78 is 9.21. The van der Waals surface area contributed by atoms with Crippen molar-refractivity contribution in [1.82, 2.24) is 14.4 Å². The lowest BCUT2D eigenvalue weighted by Gasteiger charge is -2.10. The van der Waals surface area contributed by atoms with E-state index < -0.39 is 0 Å². The van der Waals surface area contributed by atoms with Gasteiger partial charge >= 0.3 is 0 Å². The molecule has 0 bridgehead atoms. The zero-order chi connectivity index (χ0) is 23.9. The van der Waals surface area contributed by atoms with Crippen molar-refractivity contribution in [3.8, 4) is 5.75 Å². The molecule has 172 valence electrons. The minimum atomic E-state index is -0.0775. The smallest absolute Gasteiger partial charge is 0.193 e. The molecule has 4 heterocycles. The van der Waals surface area contributed by atoms with Crippen LogP contribution in [0.4, 0.5) is 0 Å². The molecule has 35 heavy (non-hydrogen) atoms. The number of nitrogens with zero attached hydrogens (tertiary/aromatic N) is 3. The van der Waals surface area contributed by atoms with Crippen LogP contribution in [0.3, 0.4) is 0 Å². The van der Waals surface area contributed by atoms with Gasteiger partial charge < -0.3 is 14.2 Å². The second kappa shape index (κ2) is 8.76. The Bertz CT molecular complexity index is 1750. The predicted molar refractivity (Wildman–Crippen MR) is 139 cm³/mol. The average Bonchev–Trinajstić information content (AvgIpc) is 3.19. The van der Waals surface area contributed by atoms with Gasteiger partial charge in [-0.05, 0) is 53.6 Å². The Morgan fingerprint density at radius 2 is 1.74 bits per heavy atom. The van der Waals surface area contributed by atoms with Crippen LogP contribution in [0.25, 0.3) is 27.2 Å². The number of ether oxygens (including phenoxy) is 1. The molecule has 7 heteroatoms. The Balaban J connectivity index is 1.52. The summed E-state index contributed by atoms with van der Waals surface area (Å²) in [7, 11) is 0. The molecule has 6 aromatic rings. The molecule has 0 aliphatic heterocycles. The van der Waals surface area contributed by atoms with Crippen LogP contribution in [0.15, 0.2) is 88.8 Å². The highest BCUT2D eigenvalue weighted by Gasteiger charge is 2.18. The summed E-state index contributed by atoms with van der Waals surface area (Å²) in [4.78, 5) is 22.0. The van der Waals surface area contributed by atoms with E-state index in [1.165, 1.54) is 0 Å². The Kier molecular flexibility index (Phi) is 5.43. The van der Waals surface area contributed by atoms with Crippen LogP contribution in [0.1, 0.15) is 22.3 Å². The SMILES string of the molecule is O=c1c(Cc2cccnc2)cn2c3ccc(Br)cc3c3cc(OCc4cncc(CO)c4)cc1c32. The van der Waals surface area contributed by atoms with Crippen molar-refractivity contribution in [2.75, 3.05) is 0 Å². The van der Waals surface area contributed by atoms with Crippen LogP contribution < -0.4 is 10.2 Å². The molecule has 0 fully saturated rings. The normalized spacial score (nSPS) is 11.6. The van der Waals surface area contributed by atoms with Gasteiger partial charge in [-0.25, -0.2) is 0 Å². The Labute approximate surface area is 208 Å². The first-order chi connectivity index (χ1) is 17.1. The van der Waals surface area contributed by atoms with E-state index in [0.717, 1.165) is 43.0 Å². The second-order valence-electron chi connectivity index (χ2n) is 8.57. The van der Waals surface area contributed by atoms with E-state index in [0.29, 0.717) is 23.1 Å². The van der Waals surface area contributed by atoms with Gasteiger partial charge in [0.2, 0.25) is 0 Å². The van der Waals surface area contributed by atoms with Crippen LogP contribution in [-0.2, 0) is 19.6 Å². The molecule has 0 aliphatic rings. The van der Waals surface area contributed by atoms with Crippen molar-refractivity contribution >= 4 is 43.1 Å². The van der Waals surface area contributed by atoms with Gasteiger partial charge in [0.25, 0.3) is 0 Å². The molecule has 0 radical (unpaired) electrons. The number of aliphatic hydroxyl groups is 1. The number of benzene rings is 2. The second-order valence-corrected chi connectivity index (χ2v) is 9.48. The molecule has 6 nitrogen and oxygen atoms in total. The minimum Gasteiger partial charge on any atom is -0.489 e.